The second kappa shape index (κ2) is 3.50. The molecule has 0 spiro atoms. The van der Waals surface area contributed by atoms with Crippen LogP contribution in [0.15, 0.2) is 18.2 Å². The van der Waals surface area contributed by atoms with Crippen molar-refractivity contribution in [3.05, 3.63) is 35.1 Å². The molecule has 0 bridgehead atoms. The molecule has 14 heavy (non-hydrogen) atoms. The van der Waals surface area contributed by atoms with E-state index in [2.05, 4.69) is 5.32 Å². The molecule has 0 saturated carbocycles. The Bertz CT molecular complexity index is 376. The van der Waals surface area contributed by atoms with Crippen molar-refractivity contribution in [2.24, 2.45) is 0 Å². The topological polar surface area (TPSA) is 29.1 Å². The van der Waals surface area contributed by atoms with Gasteiger partial charge < -0.3 is 5.32 Å². The summed E-state index contributed by atoms with van der Waals surface area (Å²) >= 11 is 0. The zero-order chi connectivity index (χ0) is 10.1. The summed E-state index contributed by atoms with van der Waals surface area (Å²) in [6.07, 6.45) is 0.571. The number of carbonyl (C=O) groups is 1. The number of aryl methyl sites for hydroxylation is 1. The zero-order valence-electron chi connectivity index (χ0n) is 8.01. The summed E-state index contributed by atoms with van der Waals surface area (Å²) in [4.78, 5) is 11.4. The van der Waals surface area contributed by atoms with Gasteiger partial charge in [-0.1, -0.05) is 12.1 Å². The summed E-state index contributed by atoms with van der Waals surface area (Å²) in [6.45, 7) is 2.43. The monoisotopic (exact) mass is 193 g/mol. The molecule has 0 amide bonds. The van der Waals surface area contributed by atoms with E-state index in [-0.39, 0.29) is 17.6 Å². The Hall–Kier alpha value is -1.22. The molecule has 1 N–H and O–H groups in total. The quantitative estimate of drug-likeness (QED) is 0.736. The number of halogens is 1. The fraction of sp³-hybridized carbons (Fsp3) is 0.364. The van der Waals surface area contributed by atoms with Crippen LogP contribution in [0.25, 0.3) is 0 Å². The average molecular weight is 193 g/mol. The third kappa shape index (κ3) is 1.55. The molecular formula is C11H12FNO. The van der Waals surface area contributed by atoms with Crippen molar-refractivity contribution >= 4 is 5.78 Å². The number of hydrogen-bond donors (Lipinski definition) is 1. The molecular weight excluding hydrogens is 181 g/mol. The van der Waals surface area contributed by atoms with Gasteiger partial charge in [-0.15, -0.1) is 0 Å². The summed E-state index contributed by atoms with van der Waals surface area (Å²) < 4.78 is 13.0. The average Bonchev–Trinajstić information content (AvgIpc) is 2.57. The summed E-state index contributed by atoms with van der Waals surface area (Å²) in [7, 11) is 0. The largest absolute Gasteiger partial charge is 0.303 e. The SMILES string of the molecule is Cc1cc(C2NCCC2=O)ccc1F. The van der Waals surface area contributed by atoms with E-state index in [1.54, 1.807) is 19.1 Å². The number of ketones is 1. The molecule has 1 fully saturated rings. The van der Waals surface area contributed by atoms with Crippen LogP contribution in [0.5, 0.6) is 0 Å². The highest BCUT2D eigenvalue weighted by atomic mass is 19.1. The molecule has 1 saturated heterocycles. The molecule has 0 aliphatic carbocycles. The van der Waals surface area contributed by atoms with Crippen molar-refractivity contribution in [2.45, 2.75) is 19.4 Å². The minimum absolute atomic E-state index is 0.191. The molecule has 1 atom stereocenters. The number of rotatable bonds is 1. The van der Waals surface area contributed by atoms with Crippen molar-refractivity contribution in [3.8, 4) is 0 Å². The van der Waals surface area contributed by atoms with Gasteiger partial charge in [0.15, 0.2) is 5.78 Å². The first-order valence-electron chi connectivity index (χ1n) is 4.70. The first-order valence-corrected chi connectivity index (χ1v) is 4.70. The standard InChI is InChI=1S/C11H12FNO/c1-7-6-8(2-3-9(7)12)11-10(14)4-5-13-11/h2-3,6,11,13H,4-5H2,1H3. The van der Waals surface area contributed by atoms with Crippen molar-refractivity contribution in [2.75, 3.05) is 6.54 Å². The number of hydrogen-bond acceptors (Lipinski definition) is 2. The second-order valence-corrected chi connectivity index (χ2v) is 3.61. The van der Waals surface area contributed by atoms with Crippen LogP contribution in [-0.4, -0.2) is 12.3 Å². The van der Waals surface area contributed by atoms with Gasteiger partial charge in [0, 0.05) is 13.0 Å². The molecule has 1 aliphatic heterocycles. The molecule has 1 aromatic carbocycles. The third-order valence-corrected chi connectivity index (χ3v) is 2.56. The highest BCUT2D eigenvalue weighted by Crippen LogP contribution is 2.21. The highest BCUT2D eigenvalue weighted by Gasteiger charge is 2.25. The Kier molecular flexibility index (Phi) is 2.33. The van der Waals surface area contributed by atoms with E-state index in [1.807, 2.05) is 0 Å². The van der Waals surface area contributed by atoms with Crippen molar-refractivity contribution in [1.82, 2.24) is 5.32 Å². The smallest absolute Gasteiger partial charge is 0.155 e. The summed E-state index contributed by atoms with van der Waals surface area (Å²) in [5.74, 6) is -0.0322. The fourth-order valence-electron chi connectivity index (χ4n) is 1.75. The van der Waals surface area contributed by atoms with E-state index in [9.17, 15) is 9.18 Å². The van der Waals surface area contributed by atoms with E-state index in [4.69, 9.17) is 0 Å². The first kappa shape index (κ1) is 9.34. The highest BCUT2D eigenvalue weighted by molar-refractivity contribution is 5.87. The number of benzene rings is 1. The van der Waals surface area contributed by atoms with Crippen molar-refractivity contribution in [3.63, 3.8) is 0 Å². The van der Waals surface area contributed by atoms with Gasteiger partial charge in [0.2, 0.25) is 0 Å². The van der Waals surface area contributed by atoms with Gasteiger partial charge in [0.05, 0.1) is 6.04 Å². The molecule has 3 heteroatoms. The molecule has 1 aromatic rings. The molecule has 1 heterocycles. The van der Waals surface area contributed by atoms with Crippen LogP contribution in [0.2, 0.25) is 0 Å². The first-order chi connectivity index (χ1) is 6.68. The zero-order valence-corrected chi connectivity index (χ0v) is 8.01. The molecule has 74 valence electrons. The van der Waals surface area contributed by atoms with E-state index in [1.165, 1.54) is 6.07 Å². The number of carbonyl (C=O) groups excluding carboxylic acids is 1. The van der Waals surface area contributed by atoms with Crippen LogP contribution in [0.3, 0.4) is 0 Å². The normalized spacial score (nSPS) is 21.6. The Balaban J connectivity index is 2.32. The van der Waals surface area contributed by atoms with Gasteiger partial charge in [0.1, 0.15) is 5.82 Å². The van der Waals surface area contributed by atoms with E-state index in [0.717, 1.165) is 12.1 Å². The maximum Gasteiger partial charge on any atom is 0.155 e. The molecule has 1 unspecified atom stereocenters. The predicted molar refractivity (Wildman–Crippen MR) is 51.5 cm³/mol. The van der Waals surface area contributed by atoms with Gasteiger partial charge in [0.25, 0.3) is 0 Å². The molecule has 2 nitrogen and oxygen atoms in total. The third-order valence-electron chi connectivity index (χ3n) is 2.56. The lowest BCUT2D eigenvalue weighted by atomic mass is 10.0. The van der Waals surface area contributed by atoms with Crippen LogP contribution in [0.1, 0.15) is 23.6 Å². The lowest BCUT2D eigenvalue weighted by Gasteiger charge is -2.10. The Morgan fingerprint density at radius 1 is 1.50 bits per heavy atom. The van der Waals surface area contributed by atoms with E-state index >= 15 is 0 Å². The summed E-state index contributed by atoms with van der Waals surface area (Å²) in [6, 6.07) is 4.59. The number of Topliss-reactive ketones (excluding diaryl/α,β-unsaturated/α-hetero) is 1. The molecule has 0 aromatic heterocycles. The lowest BCUT2D eigenvalue weighted by molar-refractivity contribution is -0.118. The Morgan fingerprint density at radius 2 is 2.29 bits per heavy atom. The summed E-state index contributed by atoms with van der Waals surface area (Å²) in [5, 5.41) is 3.10. The van der Waals surface area contributed by atoms with Crippen molar-refractivity contribution < 1.29 is 9.18 Å². The minimum Gasteiger partial charge on any atom is -0.303 e. The lowest BCUT2D eigenvalue weighted by Crippen LogP contribution is -2.17. The van der Waals surface area contributed by atoms with Gasteiger partial charge in [-0.05, 0) is 24.1 Å². The van der Waals surface area contributed by atoms with Crippen LogP contribution >= 0.6 is 0 Å². The van der Waals surface area contributed by atoms with Crippen LogP contribution < -0.4 is 5.32 Å². The Labute approximate surface area is 82.1 Å². The van der Waals surface area contributed by atoms with Crippen LogP contribution in [-0.2, 0) is 4.79 Å². The van der Waals surface area contributed by atoms with Crippen molar-refractivity contribution in [1.29, 1.82) is 0 Å². The summed E-state index contributed by atoms with van der Waals surface area (Å²) in [5.41, 5.74) is 1.45. The number of nitrogens with one attached hydrogen (secondary N) is 1. The molecule has 0 radical (unpaired) electrons. The maximum absolute atomic E-state index is 13.0. The predicted octanol–water partition coefficient (Wildman–Crippen LogP) is 1.74. The van der Waals surface area contributed by atoms with Gasteiger partial charge in [-0.3, -0.25) is 4.79 Å². The van der Waals surface area contributed by atoms with Crippen LogP contribution in [0.4, 0.5) is 4.39 Å². The molecule has 1 aliphatic rings. The van der Waals surface area contributed by atoms with E-state index < -0.39 is 0 Å². The Morgan fingerprint density at radius 3 is 2.86 bits per heavy atom. The second-order valence-electron chi connectivity index (χ2n) is 3.61. The minimum atomic E-state index is -0.228. The van der Waals surface area contributed by atoms with Gasteiger partial charge >= 0.3 is 0 Å². The van der Waals surface area contributed by atoms with E-state index in [0.29, 0.717) is 12.0 Å². The van der Waals surface area contributed by atoms with Gasteiger partial charge in [-0.25, -0.2) is 4.39 Å². The maximum atomic E-state index is 13.0. The van der Waals surface area contributed by atoms with Crippen LogP contribution in [0, 0.1) is 12.7 Å². The van der Waals surface area contributed by atoms with Gasteiger partial charge in [-0.2, -0.15) is 0 Å². The molecule has 2 rings (SSSR count). The fourth-order valence-corrected chi connectivity index (χ4v) is 1.75.